The average Bonchev–Trinajstić information content (AvgIpc) is 3.12. The molecule has 5 nitrogen and oxygen atoms in total. The van der Waals surface area contributed by atoms with Crippen LogP contribution in [0.3, 0.4) is 0 Å². The predicted molar refractivity (Wildman–Crippen MR) is 105 cm³/mol. The van der Waals surface area contributed by atoms with Crippen LogP contribution < -0.4 is 5.56 Å². The molecule has 3 aromatic rings. The lowest BCUT2D eigenvalue weighted by molar-refractivity contribution is 0.218. The van der Waals surface area contributed by atoms with Crippen LogP contribution >= 0.6 is 23.1 Å². The molecule has 3 aromatic heterocycles. The van der Waals surface area contributed by atoms with Crippen molar-refractivity contribution in [2.24, 2.45) is 18.4 Å². The Morgan fingerprint density at radius 1 is 1.32 bits per heavy atom. The molecular formula is C18H24N4OS2. The van der Waals surface area contributed by atoms with E-state index in [1.54, 1.807) is 34.7 Å². The number of aryl methyl sites for hydroxylation is 2. The van der Waals surface area contributed by atoms with Crippen LogP contribution in [0.4, 0.5) is 0 Å². The molecule has 0 radical (unpaired) electrons. The summed E-state index contributed by atoms with van der Waals surface area (Å²) in [5.41, 5.74) is 1.63. The Hall–Kier alpha value is -1.34. The van der Waals surface area contributed by atoms with Crippen LogP contribution in [0.2, 0.25) is 0 Å². The molecule has 0 saturated carbocycles. The van der Waals surface area contributed by atoms with Crippen LogP contribution in [-0.2, 0) is 19.9 Å². The third-order valence-electron chi connectivity index (χ3n) is 5.38. The molecule has 25 heavy (non-hydrogen) atoms. The van der Waals surface area contributed by atoms with Crippen LogP contribution in [0.25, 0.3) is 16.0 Å². The Bertz CT molecular complexity index is 1020. The molecule has 0 spiro atoms. The van der Waals surface area contributed by atoms with E-state index in [0.29, 0.717) is 17.1 Å². The van der Waals surface area contributed by atoms with Gasteiger partial charge < -0.3 is 0 Å². The van der Waals surface area contributed by atoms with E-state index in [1.807, 2.05) is 0 Å². The quantitative estimate of drug-likeness (QED) is 0.637. The van der Waals surface area contributed by atoms with E-state index in [1.165, 1.54) is 10.4 Å². The number of hydrogen-bond donors (Lipinski definition) is 0. The first kappa shape index (κ1) is 17.1. The van der Waals surface area contributed by atoms with E-state index < -0.39 is 0 Å². The summed E-state index contributed by atoms with van der Waals surface area (Å²) in [5, 5.41) is 10.4. The predicted octanol–water partition coefficient (Wildman–Crippen LogP) is 3.91. The van der Waals surface area contributed by atoms with Crippen LogP contribution in [-0.4, -0.2) is 24.9 Å². The van der Waals surface area contributed by atoms with E-state index in [4.69, 9.17) is 0 Å². The molecule has 0 fully saturated rings. The molecule has 3 heterocycles. The van der Waals surface area contributed by atoms with E-state index in [0.717, 1.165) is 40.4 Å². The number of thioether (sulfide) groups is 1. The molecule has 0 aliphatic heterocycles. The highest BCUT2D eigenvalue weighted by Gasteiger charge is 2.32. The van der Waals surface area contributed by atoms with Crippen LogP contribution in [0.15, 0.2) is 9.95 Å². The minimum absolute atomic E-state index is 0.0645. The van der Waals surface area contributed by atoms with Gasteiger partial charge in [-0.05, 0) is 41.9 Å². The highest BCUT2D eigenvalue weighted by atomic mass is 32.2. The Morgan fingerprint density at radius 3 is 2.76 bits per heavy atom. The van der Waals surface area contributed by atoms with E-state index >= 15 is 0 Å². The fourth-order valence-electron chi connectivity index (χ4n) is 3.83. The van der Waals surface area contributed by atoms with E-state index in [9.17, 15) is 4.79 Å². The number of nitrogens with zero attached hydrogens (tertiary/aromatic N) is 4. The Morgan fingerprint density at radius 2 is 2.08 bits per heavy atom. The zero-order chi connectivity index (χ0) is 17.9. The van der Waals surface area contributed by atoms with Crippen LogP contribution in [0.5, 0.6) is 0 Å². The maximum absolute atomic E-state index is 13.0. The normalized spacial score (nSPS) is 18.2. The minimum Gasteiger partial charge on any atom is -0.279 e. The average molecular weight is 377 g/mol. The van der Waals surface area contributed by atoms with Crippen molar-refractivity contribution in [2.75, 3.05) is 5.75 Å². The van der Waals surface area contributed by atoms with E-state index in [2.05, 4.69) is 42.3 Å². The van der Waals surface area contributed by atoms with Gasteiger partial charge in [-0.2, -0.15) is 0 Å². The maximum atomic E-state index is 13.0. The molecule has 7 heteroatoms. The largest absolute Gasteiger partial charge is 0.279 e. The minimum atomic E-state index is 0.0645. The molecule has 4 rings (SSSR count). The molecular weight excluding hydrogens is 352 g/mol. The van der Waals surface area contributed by atoms with Gasteiger partial charge in [0.1, 0.15) is 4.83 Å². The fraction of sp³-hybridized carbons (Fsp3) is 0.611. The summed E-state index contributed by atoms with van der Waals surface area (Å²) in [6.07, 6.45) is 3.22. The summed E-state index contributed by atoms with van der Waals surface area (Å²) >= 11 is 3.45. The van der Waals surface area contributed by atoms with E-state index in [-0.39, 0.29) is 5.56 Å². The molecule has 0 saturated heterocycles. The van der Waals surface area contributed by atoms with Crippen molar-refractivity contribution in [1.29, 1.82) is 0 Å². The lowest BCUT2D eigenvalue weighted by atomic mass is 9.72. The van der Waals surface area contributed by atoms with Gasteiger partial charge in [0.15, 0.2) is 5.16 Å². The highest BCUT2D eigenvalue weighted by molar-refractivity contribution is 7.99. The summed E-state index contributed by atoms with van der Waals surface area (Å²) in [6, 6.07) is 0. The second-order valence-corrected chi connectivity index (χ2v) is 10.2. The van der Waals surface area contributed by atoms with Gasteiger partial charge in [-0.1, -0.05) is 39.5 Å². The molecule has 1 aliphatic carbocycles. The van der Waals surface area contributed by atoms with Gasteiger partial charge in [-0.25, -0.2) is 4.40 Å². The van der Waals surface area contributed by atoms with Crippen LogP contribution in [0, 0.1) is 11.3 Å². The number of thiophene rings is 1. The van der Waals surface area contributed by atoms with Crippen molar-refractivity contribution in [2.45, 2.75) is 52.1 Å². The topological polar surface area (TPSA) is 52.2 Å². The lowest BCUT2D eigenvalue weighted by Crippen LogP contribution is -2.27. The molecule has 0 N–H and O–H groups in total. The number of rotatable bonds is 2. The summed E-state index contributed by atoms with van der Waals surface area (Å²) in [7, 11) is 1.80. The van der Waals surface area contributed by atoms with Gasteiger partial charge in [0.2, 0.25) is 5.78 Å². The van der Waals surface area contributed by atoms with Crippen molar-refractivity contribution in [3.05, 3.63) is 20.8 Å². The van der Waals surface area contributed by atoms with Gasteiger partial charge in [-0.15, -0.1) is 21.5 Å². The standard InChI is InChI=1S/C18H24N4OS2/c1-6-24-17-20-19-16-21(5)14(23)13-11-8-7-10(18(2,3)4)9-12(11)25-15(13)22(16)17/h10H,6-9H2,1-5H3/t10-/m1/s1. The second kappa shape index (κ2) is 5.84. The Balaban J connectivity index is 2.01. The van der Waals surface area contributed by atoms with Crippen molar-refractivity contribution in [3.63, 3.8) is 0 Å². The van der Waals surface area contributed by atoms with Gasteiger partial charge in [0, 0.05) is 11.9 Å². The van der Waals surface area contributed by atoms with Crippen LogP contribution in [0.1, 0.15) is 44.6 Å². The van der Waals surface area contributed by atoms with Gasteiger partial charge in [-0.3, -0.25) is 9.36 Å². The lowest BCUT2D eigenvalue weighted by Gasteiger charge is -2.33. The monoisotopic (exact) mass is 376 g/mol. The maximum Gasteiger partial charge on any atom is 0.263 e. The molecule has 0 unspecified atom stereocenters. The molecule has 134 valence electrons. The number of fused-ring (bicyclic) bond motifs is 5. The number of aromatic nitrogens is 4. The summed E-state index contributed by atoms with van der Waals surface area (Å²) in [6.45, 7) is 9.08. The highest BCUT2D eigenvalue weighted by Crippen LogP contribution is 2.42. The summed E-state index contributed by atoms with van der Waals surface area (Å²) in [4.78, 5) is 15.4. The third-order valence-corrected chi connectivity index (χ3v) is 7.43. The second-order valence-electron chi connectivity index (χ2n) is 7.90. The fourth-order valence-corrected chi connectivity index (χ4v) is 5.96. The number of hydrogen-bond acceptors (Lipinski definition) is 5. The summed E-state index contributed by atoms with van der Waals surface area (Å²) in [5.74, 6) is 2.24. The SMILES string of the molecule is CCSc1nnc2n(C)c(=O)c3c4c(sc3n12)C[C@H](C(C)(C)C)CC4. The zero-order valence-corrected chi connectivity index (χ0v) is 17.1. The third kappa shape index (κ3) is 2.54. The van der Waals surface area contributed by atoms with Crippen molar-refractivity contribution >= 4 is 39.1 Å². The summed E-state index contributed by atoms with van der Waals surface area (Å²) < 4.78 is 3.73. The molecule has 0 bridgehead atoms. The molecule has 1 aliphatic rings. The first-order chi connectivity index (χ1) is 11.8. The van der Waals surface area contributed by atoms with Crippen molar-refractivity contribution in [3.8, 4) is 0 Å². The van der Waals surface area contributed by atoms with Gasteiger partial charge in [0.25, 0.3) is 5.56 Å². The smallest absolute Gasteiger partial charge is 0.263 e. The van der Waals surface area contributed by atoms with Gasteiger partial charge in [0.05, 0.1) is 5.39 Å². The van der Waals surface area contributed by atoms with Crippen molar-refractivity contribution < 1.29 is 0 Å². The zero-order valence-electron chi connectivity index (χ0n) is 15.4. The molecule has 0 amide bonds. The van der Waals surface area contributed by atoms with Gasteiger partial charge >= 0.3 is 0 Å². The molecule has 0 aromatic carbocycles. The Labute approximate surface area is 155 Å². The Kier molecular flexibility index (Phi) is 3.99. The van der Waals surface area contributed by atoms with Crippen molar-refractivity contribution in [1.82, 2.24) is 19.2 Å². The first-order valence-electron chi connectivity index (χ1n) is 8.84. The molecule has 1 atom stereocenters. The first-order valence-corrected chi connectivity index (χ1v) is 10.6.